The summed E-state index contributed by atoms with van der Waals surface area (Å²) in [6, 6.07) is 20.2. The average molecular weight is 489 g/mol. The number of fused-ring (bicyclic) bond motifs is 1. The van der Waals surface area contributed by atoms with Crippen molar-refractivity contribution in [3.05, 3.63) is 88.4 Å². The fraction of sp³-hybridized carbons (Fsp3) is 0.250. The number of benzene rings is 3. The molecule has 1 aliphatic rings. The van der Waals surface area contributed by atoms with Gasteiger partial charge in [0.1, 0.15) is 0 Å². The number of nitrogens with one attached hydrogen (secondary N) is 3. The molecule has 0 fully saturated rings. The van der Waals surface area contributed by atoms with Crippen LogP contribution in [-0.2, 0) is 10.2 Å². The number of guanidine groups is 1. The van der Waals surface area contributed by atoms with Gasteiger partial charge in [0.15, 0.2) is 0 Å². The van der Waals surface area contributed by atoms with Crippen LogP contribution in [0.25, 0.3) is 0 Å². The topological polar surface area (TPSA) is 82.6 Å². The molecule has 1 heterocycles. The lowest BCUT2D eigenvalue weighted by Crippen LogP contribution is -2.36. The van der Waals surface area contributed by atoms with Crippen molar-refractivity contribution < 1.29 is 9.59 Å². The van der Waals surface area contributed by atoms with Crippen LogP contribution in [0.1, 0.15) is 61.5 Å². The summed E-state index contributed by atoms with van der Waals surface area (Å²) in [5.41, 5.74) is 4.59. The van der Waals surface area contributed by atoms with Gasteiger partial charge in [0, 0.05) is 22.0 Å². The minimum atomic E-state index is -0.314. The molecule has 0 saturated carbocycles. The molecule has 7 heteroatoms. The molecule has 0 spiro atoms. The standard InChI is InChI=1S/C28H29ClN4O2/c1-5-20-21-16-19(14-15-23(21)31-26(20)35)30-27(33-25(34)17-10-12-18(29)13-11-17)32-24-9-7-6-8-22(24)28(2,3)4/h6-16,20H,5H2,1-4H3,(H,31,35)(H2,30,32,33,34). The van der Waals surface area contributed by atoms with E-state index in [0.717, 1.165) is 28.2 Å². The molecule has 3 aromatic carbocycles. The van der Waals surface area contributed by atoms with Crippen molar-refractivity contribution in [1.82, 2.24) is 5.32 Å². The van der Waals surface area contributed by atoms with Crippen molar-refractivity contribution in [2.75, 3.05) is 10.6 Å². The molecular weight excluding hydrogens is 460 g/mol. The molecule has 3 N–H and O–H groups in total. The number of halogens is 1. The zero-order valence-corrected chi connectivity index (χ0v) is 21.0. The lowest BCUT2D eigenvalue weighted by Gasteiger charge is -2.21. The molecule has 0 aromatic heterocycles. The minimum absolute atomic E-state index is 0.00341. The third kappa shape index (κ3) is 5.54. The van der Waals surface area contributed by atoms with Crippen LogP contribution in [0.5, 0.6) is 0 Å². The van der Waals surface area contributed by atoms with Gasteiger partial charge >= 0.3 is 0 Å². The molecule has 0 radical (unpaired) electrons. The fourth-order valence-electron chi connectivity index (χ4n) is 4.14. The quantitative estimate of drug-likeness (QED) is 0.285. The van der Waals surface area contributed by atoms with Gasteiger partial charge in [-0.05, 0) is 71.5 Å². The van der Waals surface area contributed by atoms with E-state index >= 15 is 0 Å². The highest BCUT2D eigenvalue weighted by Crippen LogP contribution is 2.36. The van der Waals surface area contributed by atoms with E-state index in [1.165, 1.54) is 0 Å². The summed E-state index contributed by atoms with van der Waals surface area (Å²) in [6.07, 6.45) is 0.704. The van der Waals surface area contributed by atoms with Crippen LogP contribution in [0.2, 0.25) is 5.02 Å². The van der Waals surface area contributed by atoms with Crippen LogP contribution in [-0.4, -0.2) is 17.8 Å². The summed E-state index contributed by atoms with van der Waals surface area (Å²) < 4.78 is 0. The van der Waals surface area contributed by atoms with Crippen molar-refractivity contribution in [3.63, 3.8) is 0 Å². The van der Waals surface area contributed by atoms with Gasteiger partial charge in [0.2, 0.25) is 11.9 Å². The van der Waals surface area contributed by atoms with Crippen LogP contribution in [0, 0.1) is 0 Å². The van der Waals surface area contributed by atoms with Gasteiger partial charge in [0.05, 0.1) is 11.6 Å². The van der Waals surface area contributed by atoms with E-state index in [0.29, 0.717) is 17.0 Å². The van der Waals surface area contributed by atoms with E-state index in [1.807, 2.05) is 49.4 Å². The minimum Gasteiger partial charge on any atom is -0.326 e. The largest absolute Gasteiger partial charge is 0.326 e. The molecule has 0 bridgehead atoms. The maximum absolute atomic E-state index is 13.0. The van der Waals surface area contributed by atoms with Crippen molar-refractivity contribution in [2.45, 2.75) is 45.4 Å². The van der Waals surface area contributed by atoms with Crippen molar-refractivity contribution >= 4 is 46.4 Å². The average Bonchev–Trinajstić information content (AvgIpc) is 3.13. The Balaban J connectivity index is 1.71. The Morgan fingerprint density at radius 3 is 2.46 bits per heavy atom. The van der Waals surface area contributed by atoms with E-state index in [1.54, 1.807) is 24.3 Å². The van der Waals surface area contributed by atoms with Crippen LogP contribution < -0.4 is 16.0 Å². The Kier molecular flexibility index (Phi) is 6.94. The first-order valence-corrected chi connectivity index (χ1v) is 12.0. The van der Waals surface area contributed by atoms with Gasteiger partial charge in [0.25, 0.3) is 5.91 Å². The highest BCUT2D eigenvalue weighted by Gasteiger charge is 2.29. The molecule has 2 amide bonds. The van der Waals surface area contributed by atoms with Crippen molar-refractivity contribution in [1.29, 1.82) is 0 Å². The molecule has 0 aliphatic carbocycles. The number of carbonyl (C=O) groups is 2. The third-order valence-electron chi connectivity index (χ3n) is 5.95. The Labute approximate surface area is 210 Å². The number of aliphatic imine (C=N–C) groups is 1. The summed E-state index contributed by atoms with van der Waals surface area (Å²) in [5.74, 6) is -0.223. The van der Waals surface area contributed by atoms with E-state index < -0.39 is 0 Å². The first kappa shape index (κ1) is 24.5. The molecule has 0 saturated heterocycles. The van der Waals surface area contributed by atoms with Crippen LogP contribution in [0.15, 0.2) is 71.7 Å². The van der Waals surface area contributed by atoms with Gasteiger partial charge in [-0.3, -0.25) is 14.9 Å². The molecule has 3 aromatic rings. The molecule has 6 nitrogen and oxygen atoms in total. The molecular formula is C28H29ClN4O2. The second-order valence-electron chi connectivity index (χ2n) is 9.57. The normalized spacial score (nSPS) is 15.4. The van der Waals surface area contributed by atoms with Gasteiger partial charge in [-0.15, -0.1) is 0 Å². The SMILES string of the molecule is CCC1C(=O)Nc2ccc(NC(=Nc3ccccc3C(C)(C)C)NC(=O)c3ccc(Cl)cc3)cc21. The number of hydrogen-bond acceptors (Lipinski definition) is 3. The van der Waals surface area contributed by atoms with Crippen LogP contribution >= 0.6 is 11.6 Å². The maximum atomic E-state index is 13.0. The summed E-state index contributed by atoms with van der Waals surface area (Å²) in [6.45, 7) is 8.35. The lowest BCUT2D eigenvalue weighted by atomic mass is 9.86. The van der Waals surface area contributed by atoms with Gasteiger partial charge in [-0.25, -0.2) is 4.99 Å². The lowest BCUT2D eigenvalue weighted by molar-refractivity contribution is -0.117. The fourth-order valence-corrected chi connectivity index (χ4v) is 4.27. The first-order chi connectivity index (χ1) is 16.7. The summed E-state index contributed by atoms with van der Waals surface area (Å²) in [7, 11) is 0. The van der Waals surface area contributed by atoms with Gasteiger partial charge in [-0.1, -0.05) is 57.5 Å². The van der Waals surface area contributed by atoms with Crippen LogP contribution in [0.3, 0.4) is 0 Å². The smallest absolute Gasteiger partial charge is 0.257 e. The highest BCUT2D eigenvalue weighted by molar-refractivity contribution is 6.30. The van der Waals surface area contributed by atoms with Gasteiger partial charge < -0.3 is 10.6 Å². The van der Waals surface area contributed by atoms with Crippen LogP contribution in [0.4, 0.5) is 17.1 Å². The van der Waals surface area contributed by atoms with E-state index in [-0.39, 0.29) is 29.1 Å². The number of nitrogens with zero attached hydrogens (tertiary/aromatic N) is 1. The Hall–Kier alpha value is -3.64. The zero-order valence-electron chi connectivity index (χ0n) is 20.3. The Bertz CT molecular complexity index is 1290. The number of amides is 2. The number of para-hydroxylation sites is 1. The van der Waals surface area contributed by atoms with Crippen molar-refractivity contribution in [2.24, 2.45) is 4.99 Å². The highest BCUT2D eigenvalue weighted by atomic mass is 35.5. The number of hydrogen-bond donors (Lipinski definition) is 3. The molecule has 35 heavy (non-hydrogen) atoms. The summed E-state index contributed by atoms with van der Waals surface area (Å²) in [5, 5.41) is 9.64. The predicted octanol–water partition coefficient (Wildman–Crippen LogP) is 6.61. The molecule has 1 atom stereocenters. The Morgan fingerprint density at radius 1 is 1.06 bits per heavy atom. The van der Waals surface area contributed by atoms with E-state index in [4.69, 9.17) is 16.6 Å². The van der Waals surface area contributed by atoms with Gasteiger partial charge in [-0.2, -0.15) is 0 Å². The molecule has 180 valence electrons. The van der Waals surface area contributed by atoms with E-state index in [2.05, 4.69) is 36.7 Å². The predicted molar refractivity (Wildman–Crippen MR) is 143 cm³/mol. The number of carbonyl (C=O) groups excluding carboxylic acids is 2. The summed E-state index contributed by atoms with van der Waals surface area (Å²) >= 11 is 5.98. The maximum Gasteiger partial charge on any atom is 0.257 e. The monoisotopic (exact) mass is 488 g/mol. The van der Waals surface area contributed by atoms with Crippen molar-refractivity contribution in [3.8, 4) is 0 Å². The second kappa shape index (κ2) is 9.92. The second-order valence-corrected chi connectivity index (χ2v) is 10.0. The Morgan fingerprint density at radius 2 is 1.77 bits per heavy atom. The molecule has 4 rings (SSSR count). The first-order valence-electron chi connectivity index (χ1n) is 11.6. The molecule has 1 unspecified atom stereocenters. The number of anilines is 2. The molecule has 1 aliphatic heterocycles. The third-order valence-corrected chi connectivity index (χ3v) is 6.21. The summed E-state index contributed by atoms with van der Waals surface area (Å²) in [4.78, 5) is 30.1. The zero-order chi connectivity index (χ0) is 25.2. The number of rotatable bonds is 4. The van der Waals surface area contributed by atoms with E-state index in [9.17, 15) is 9.59 Å².